The van der Waals surface area contributed by atoms with Gasteiger partial charge in [0.2, 0.25) is 5.43 Å². The minimum atomic E-state index is -4.71. The predicted molar refractivity (Wildman–Crippen MR) is 117 cm³/mol. The van der Waals surface area contributed by atoms with Crippen molar-refractivity contribution in [3.8, 4) is 5.69 Å². The van der Waals surface area contributed by atoms with Gasteiger partial charge in [0, 0.05) is 5.02 Å². The van der Waals surface area contributed by atoms with Gasteiger partial charge in [-0.15, -0.1) is 10.2 Å². The topological polar surface area (TPSA) is 89.8 Å². The Bertz CT molecular complexity index is 1500. The number of benzene rings is 2. The van der Waals surface area contributed by atoms with Gasteiger partial charge in [-0.05, 0) is 67.4 Å². The average Bonchev–Trinajstić information content (AvgIpc) is 2.76. The van der Waals surface area contributed by atoms with Crippen molar-refractivity contribution in [2.24, 2.45) is 0 Å². The second kappa shape index (κ2) is 8.49. The number of carbonyl (C=O) groups is 1. The Kier molecular flexibility index (Phi) is 5.82. The second-order valence-electron chi connectivity index (χ2n) is 7.39. The van der Waals surface area contributed by atoms with Crippen LogP contribution < -0.4 is 10.7 Å². The first-order valence-corrected chi connectivity index (χ1v) is 10.1. The highest BCUT2D eigenvalue weighted by Gasteiger charge is 2.33. The predicted octanol–water partition coefficient (Wildman–Crippen LogP) is 4.86. The van der Waals surface area contributed by atoms with Crippen LogP contribution in [-0.2, 0) is 6.18 Å². The van der Waals surface area contributed by atoms with Crippen LogP contribution in [0.1, 0.15) is 27.3 Å². The number of nitrogens with one attached hydrogen (secondary N) is 1. The van der Waals surface area contributed by atoms with Gasteiger partial charge < -0.3 is 5.32 Å². The molecule has 2 aromatic carbocycles. The molecule has 12 heteroatoms. The Hall–Kier alpha value is -3.86. The quantitative estimate of drug-likeness (QED) is 0.414. The zero-order valence-corrected chi connectivity index (χ0v) is 18.3. The molecule has 4 rings (SSSR count). The number of rotatable bonds is 3. The molecule has 0 fully saturated rings. The molecule has 2 heterocycles. The molecule has 2 aromatic heterocycles. The molecule has 0 bridgehead atoms. The van der Waals surface area contributed by atoms with E-state index in [-0.39, 0.29) is 27.4 Å². The lowest BCUT2D eigenvalue weighted by Crippen LogP contribution is -2.27. The minimum Gasteiger partial charge on any atom is -0.304 e. The molecule has 0 atom stereocenters. The van der Waals surface area contributed by atoms with E-state index in [4.69, 9.17) is 11.6 Å². The third kappa shape index (κ3) is 4.34. The average molecular weight is 492 g/mol. The van der Waals surface area contributed by atoms with Crippen LogP contribution in [0.25, 0.3) is 16.6 Å². The van der Waals surface area contributed by atoms with Crippen LogP contribution in [0.3, 0.4) is 0 Å². The summed E-state index contributed by atoms with van der Waals surface area (Å²) < 4.78 is 53.9. The van der Waals surface area contributed by atoms with E-state index in [1.165, 1.54) is 12.1 Å². The number of amides is 1. The molecule has 0 saturated heterocycles. The zero-order valence-electron chi connectivity index (χ0n) is 17.5. The van der Waals surface area contributed by atoms with Gasteiger partial charge in [-0.3, -0.25) is 9.59 Å². The number of anilines is 1. The van der Waals surface area contributed by atoms with Crippen LogP contribution in [0.2, 0.25) is 5.02 Å². The molecule has 0 aliphatic rings. The summed E-state index contributed by atoms with van der Waals surface area (Å²) in [6.07, 6.45) is -4.71. The van der Waals surface area contributed by atoms with Crippen LogP contribution in [0.4, 0.5) is 23.4 Å². The summed E-state index contributed by atoms with van der Waals surface area (Å²) in [5.41, 5.74) is -0.886. The summed E-state index contributed by atoms with van der Waals surface area (Å²) in [4.78, 5) is 25.9. The summed E-state index contributed by atoms with van der Waals surface area (Å²) in [5.74, 6) is -2.13. The fourth-order valence-corrected chi connectivity index (χ4v) is 3.35. The molecule has 0 unspecified atom stereocenters. The third-order valence-electron chi connectivity index (χ3n) is 5.05. The lowest BCUT2D eigenvalue weighted by Gasteiger charge is -2.14. The highest BCUT2D eigenvalue weighted by molar-refractivity contribution is 6.30. The molecule has 0 aliphatic carbocycles. The molecule has 1 N–H and O–H groups in total. The van der Waals surface area contributed by atoms with E-state index in [9.17, 15) is 27.2 Å². The molecule has 0 saturated carbocycles. The van der Waals surface area contributed by atoms with Crippen molar-refractivity contribution in [2.75, 3.05) is 5.32 Å². The lowest BCUT2D eigenvalue weighted by atomic mass is 10.1. The van der Waals surface area contributed by atoms with Gasteiger partial charge >= 0.3 is 6.18 Å². The van der Waals surface area contributed by atoms with Crippen molar-refractivity contribution in [2.45, 2.75) is 20.0 Å². The maximum absolute atomic E-state index is 14.7. The fraction of sp³-hybridized carbons (Fsp3) is 0.136. The summed E-state index contributed by atoms with van der Waals surface area (Å²) >= 11 is 5.84. The van der Waals surface area contributed by atoms with Crippen LogP contribution in [-0.4, -0.2) is 25.9 Å². The Morgan fingerprint density at radius 2 is 1.74 bits per heavy atom. The monoisotopic (exact) mass is 491 g/mol. The molecule has 0 spiro atoms. The number of hydrogen-bond donors (Lipinski definition) is 1. The summed E-state index contributed by atoms with van der Waals surface area (Å²) in [6, 6.07) is 8.52. The van der Waals surface area contributed by atoms with E-state index in [0.29, 0.717) is 6.07 Å². The molecular weight excluding hydrogens is 478 g/mol. The van der Waals surface area contributed by atoms with Gasteiger partial charge in [0.1, 0.15) is 11.5 Å². The summed E-state index contributed by atoms with van der Waals surface area (Å²) in [7, 11) is 0. The number of aromatic nitrogens is 4. The van der Waals surface area contributed by atoms with Crippen LogP contribution in [0.15, 0.2) is 47.3 Å². The standard InChI is InChI=1S/C22H14ClF4N5O2/c1-10-7-13-16(8-11(10)2)32(15-4-3-12(23)9-14(15)24)31-19(20(13)33)21(34)28-18-6-5-17(29-30-18)22(25,26)27/h3-9H,1-2H3,(H,28,30,34). The molecule has 34 heavy (non-hydrogen) atoms. The van der Waals surface area contributed by atoms with E-state index < -0.39 is 34.7 Å². The smallest absolute Gasteiger partial charge is 0.304 e. The highest BCUT2D eigenvalue weighted by atomic mass is 35.5. The Morgan fingerprint density at radius 1 is 1.03 bits per heavy atom. The lowest BCUT2D eigenvalue weighted by molar-refractivity contribution is -0.141. The molecule has 4 aromatic rings. The summed E-state index contributed by atoms with van der Waals surface area (Å²) in [5, 5.41) is 12.8. The zero-order chi connectivity index (χ0) is 24.8. The van der Waals surface area contributed by atoms with Gasteiger partial charge in [0.05, 0.1) is 10.9 Å². The number of hydrogen-bond acceptors (Lipinski definition) is 5. The molecule has 7 nitrogen and oxygen atoms in total. The maximum atomic E-state index is 14.7. The number of alkyl halides is 3. The van der Waals surface area contributed by atoms with Crippen molar-refractivity contribution >= 4 is 34.2 Å². The van der Waals surface area contributed by atoms with Gasteiger partial charge in [-0.25, -0.2) is 9.07 Å². The van der Waals surface area contributed by atoms with Crippen molar-refractivity contribution in [3.05, 3.63) is 86.0 Å². The van der Waals surface area contributed by atoms with Gasteiger partial charge in [0.25, 0.3) is 5.91 Å². The number of halogens is 5. The van der Waals surface area contributed by atoms with Crippen LogP contribution in [0.5, 0.6) is 0 Å². The molecule has 0 radical (unpaired) electrons. The van der Waals surface area contributed by atoms with Gasteiger partial charge in [0.15, 0.2) is 17.2 Å². The number of fused-ring (bicyclic) bond motifs is 1. The van der Waals surface area contributed by atoms with E-state index in [1.807, 2.05) is 0 Å². The Labute approximate surface area is 194 Å². The van der Waals surface area contributed by atoms with E-state index in [0.717, 1.165) is 27.9 Å². The molecule has 174 valence electrons. The molecule has 0 aliphatic heterocycles. The third-order valence-corrected chi connectivity index (χ3v) is 5.28. The van der Waals surface area contributed by atoms with E-state index in [2.05, 4.69) is 20.6 Å². The second-order valence-corrected chi connectivity index (χ2v) is 7.83. The number of nitrogens with zero attached hydrogens (tertiary/aromatic N) is 4. The minimum absolute atomic E-state index is 0.0685. The van der Waals surface area contributed by atoms with Crippen LogP contribution >= 0.6 is 11.6 Å². The Morgan fingerprint density at radius 3 is 2.35 bits per heavy atom. The SMILES string of the molecule is Cc1cc2c(=O)c(C(=O)Nc3ccc(C(F)(F)F)nn3)nn(-c3ccc(Cl)cc3F)c2cc1C. The van der Waals surface area contributed by atoms with E-state index >= 15 is 0 Å². The summed E-state index contributed by atoms with van der Waals surface area (Å²) in [6.45, 7) is 3.56. The number of aryl methyl sites for hydroxylation is 2. The van der Waals surface area contributed by atoms with Crippen molar-refractivity contribution < 1.29 is 22.4 Å². The van der Waals surface area contributed by atoms with Gasteiger partial charge in [-0.1, -0.05) is 11.6 Å². The maximum Gasteiger partial charge on any atom is 0.435 e. The van der Waals surface area contributed by atoms with Crippen molar-refractivity contribution in [1.82, 2.24) is 20.0 Å². The van der Waals surface area contributed by atoms with Crippen molar-refractivity contribution in [1.29, 1.82) is 0 Å². The highest BCUT2D eigenvalue weighted by Crippen LogP contribution is 2.27. The fourth-order valence-electron chi connectivity index (χ4n) is 3.20. The molecular formula is C22H14ClF4N5O2. The first-order chi connectivity index (χ1) is 16.0. The first kappa shape index (κ1) is 23.3. The normalized spacial score (nSPS) is 11.6. The van der Waals surface area contributed by atoms with E-state index in [1.54, 1.807) is 26.0 Å². The largest absolute Gasteiger partial charge is 0.435 e. The van der Waals surface area contributed by atoms with Crippen LogP contribution in [0, 0.1) is 19.7 Å². The number of carbonyl (C=O) groups excluding carboxylic acids is 1. The van der Waals surface area contributed by atoms with Gasteiger partial charge in [-0.2, -0.15) is 18.3 Å². The van der Waals surface area contributed by atoms with Crippen molar-refractivity contribution in [3.63, 3.8) is 0 Å². The molecule has 1 amide bonds. The first-order valence-electron chi connectivity index (χ1n) is 9.67. The Balaban J connectivity index is 1.86.